The zero-order valence-corrected chi connectivity index (χ0v) is 15.4. The van der Waals surface area contributed by atoms with Crippen LogP contribution in [0.5, 0.6) is 0 Å². The monoisotopic (exact) mass is 378 g/mol. The Morgan fingerprint density at radius 1 is 1.30 bits per heavy atom. The molecule has 1 N–H and O–H groups in total. The molecule has 2 heterocycles. The third kappa shape index (κ3) is 4.29. The first kappa shape index (κ1) is 18.9. The van der Waals surface area contributed by atoms with E-state index >= 15 is 0 Å². The number of cyclic esters (lactones) is 1. The lowest BCUT2D eigenvalue weighted by molar-refractivity contribution is -0.129. The normalized spacial score (nSPS) is 20.6. The number of halogens is 1. The van der Waals surface area contributed by atoms with Gasteiger partial charge in [0.2, 0.25) is 11.8 Å². The maximum absolute atomic E-state index is 14.7. The Kier molecular flexibility index (Phi) is 5.48. The molecule has 0 aromatic heterocycles. The van der Waals surface area contributed by atoms with Gasteiger partial charge in [-0.15, -0.1) is 0 Å². The van der Waals surface area contributed by atoms with Crippen LogP contribution in [0.4, 0.5) is 20.6 Å². The van der Waals surface area contributed by atoms with Crippen LogP contribution in [-0.2, 0) is 14.3 Å². The fourth-order valence-corrected chi connectivity index (χ4v) is 3.19. The number of nitrogens with one attached hydrogen (secondary N) is 1. The number of carbonyl (C=O) groups is 3. The van der Waals surface area contributed by atoms with E-state index in [0.29, 0.717) is 37.4 Å². The summed E-state index contributed by atoms with van der Waals surface area (Å²) in [5, 5.41) is 2.60. The second kappa shape index (κ2) is 7.81. The van der Waals surface area contributed by atoms with Gasteiger partial charge in [-0.2, -0.15) is 0 Å². The minimum Gasteiger partial charge on any atom is -0.442 e. The van der Waals surface area contributed by atoms with E-state index in [2.05, 4.69) is 5.32 Å². The number of rotatable bonds is 4. The minimum atomic E-state index is -0.570. The van der Waals surface area contributed by atoms with E-state index in [4.69, 9.17) is 4.74 Å². The van der Waals surface area contributed by atoms with E-state index < -0.39 is 18.0 Å². The van der Waals surface area contributed by atoms with Crippen LogP contribution >= 0.6 is 0 Å². The number of amides is 3. The van der Waals surface area contributed by atoms with Crippen molar-refractivity contribution >= 4 is 29.3 Å². The van der Waals surface area contributed by atoms with Gasteiger partial charge in [0.1, 0.15) is 11.9 Å². The third-order valence-electron chi connectivity index (χ3n) is 4.76. The van der Waals surface area contributed by atoms with Crippen LogP contribution in [0.15, 0.2) is 18.2 Å². The molecule has 2 saturated heterocycles. The van der Waals surface area contributed by atoms with Crippen LogP contribution in [0.1, 0.15) is 13.3 Å². The molecule has 27 heavy (non-hydrogen) atoms. The Labute approximate surface area is 156 Å². The summed E-state index contributed by atoms with van der Waals surface area (Å²) in [6, 6.07) is 4.58. The maximum atomic E-state index is 14.7. The van der Waals surface area contributed by atoms with E-state index in [1.165, 1.54) is 17.9 Å². The van der Waals surface area contributed by atoms with Gasteiger partial charge in [0.15, 0.2) is 0 Å². The lowest BCUT2D eigenvalue weighted by Gasteiger charge is -2.24. The average molecular weight is 378 g/mol. The molecule has 2 aliphatic rings. The highest BCUT2D eigenvalue weighted by Gasteiger charge is 2.33. The predicted molar refractivity (Wildman–Crippen MR) is 97.2 cm³/mol. The van der Waals surface area contributed by atoms with Gasteiger partial charge in [-0.1, -0.05) is 0 Å². The molecule has 8 nitrogen and oxygen atoms in total. The number of likely N-dealkylation sites (N-methyl/N-ethyl adjacent to an activating group) is 1. The summed E-state index contributed by atoms with van der Waals surface area (Å²) >= 11 is 0. The fraction of sp³-hybridized carbons (Fsp3) is 0.500. The van der Waals surface area contributed by atoms with Gasteiger partial charge in [0.05, 0.1) is 24.5 Å². The summed E-state index contributed by atoms with van der Waals surface area (Å²) in [6.07, 6.45) is -0.711. The number of anilines is 2. The zero-order valence-electron chi connectivity index (χ0n) is 15.4. The highest BCUT2D eigenvalue weighted by Crippen LogP contribution is 2.28. The molecule has 2 aliphatic heterocycles. The summed E-state index contributed by atoms with van der Waals surface area (Å²) in [5.74, 6) is -0.622. The molecular formula is C18H23FN4O4. The quantitative estimate of drug-likeness (QED) is 0.844. The molecule has 9 heteroatoms. The van der Waals surface area contributed by atoms with Gasteiger partial charge in [-0.3, -0.25) is 14.5 Å². The first-order valence-corrected chi connectivity index (χ1v) is 8.86. The van der Waals surface area contributed by atoms with Gasteiger partial charge in [-0.05, 0) is 18.2 Å². The van der Waals surface area contributed by atoms with Crippen LogP contribution in [0, 0.1) is 5.82 Å². The summed E-state index contributed by atoms with van der Waals surface area (Å²) in [5.41, 5.74) is 0.804. The van der Waals surface area contributed by atoms with Crippen LogP contribution in [0.2, 0.25) is 0 Å². The van der Waals surface area contributed by atoms with Crippen LogP contribution in [0.3, 0.4) is 0 Å². The smallest absolute Gasteiger partial charge is 0.414 e. The molecule has 0 bridgehead atoms. The second-order valence-electron chi connectivity index (χ2n) is 6.74. The molecule has 1 aromatic rings. The van der Waals surface area contributed by atoms with Crippen LogP contribution < -0.4 is 15.1 Å². The van der Waals surface area contributed by atoms with Crippen molar-refractivity contribution in [1.29, 1.82) is 0 Å². The van der Waals surface area contributed by atoms with Crippen molar-refractivity contribution in [3.63, 3.8) is 0 Å². The summed E-state index contributed by atoms with van der Waals surface area (Å²) in [6.45, 7) is 3.36. The molecule has 0 unspecified atom stereocenters. The molecule has 1 aromatic carbocycles. The highest BCUT2D eigenvalue weighted by molar-refractivity contribution is 5.90. The molecule has 0 radical (unpaired) electrons. The van der Waals surface area contributed by atoms with E-state index in [-0.39, 0.29) is 24.9 Å². The first-order chi connectivity index (χ1) is 12.8. The first-order valence-electron chi connectivity index (χ1n) is 8.86. The summed E-state index contributed by atoms with van der Waals surface area (Å²) in [4.78, 5) is 39.7. The van der Waals surface area contributed by atoms with Gasteiger partial charge >= 0.3 is 6.09 Å². The number of hydrogen-bond donors (Lipinski definition) is 1. The van der Waals surface area contributed by atoms with Crippen molar-refractivity contribution in [3.05, 3.63) is 24.0 Å². The highest BCUT2D eigenvalue weighted by atomic mass is 19.1. The van der Waals surface area contributed by atoms with Crippen molar-refractivity contribution < 1.29 is 23.5 Å². The lowest BCUT2D eigenvalue weighted by atomic mass is 10.2. The lowest BCUT2D eigenvalue weighted by Crippen LogP contribution is -2.33. The number of benzene rings is 1. The molecule has 2 fully saturated rings. The van der Waals surface area contributed by atoms with E-state index in [9.17, 15) is 18.8 Å². The average Bonchev–Trinajstić information content (AvgIpc) is 2.92. The second-order valence-corrected chi connectivity index (χ2v) is 6.74. The maximum Gasteiger partial charge on any atom is 0.414 e. The van der Waals surface area contributed by atoms with Crippen LogP contribution in [0.25, 0.3) is 0 Å². The third-order valence-corrected chi connectivity index (χ3v) is 4.76. The van der Waals surface area contributed by atoms with E-state index in [0.717, 1.165) is 0 Å². The van der Waals surface area contributed by atoms with Crippen LogP contribution in [-0.4, -0.2) is 68.7 Å². The molecule has 0 saturated carbocycles. The molecule has 0 spiro atoms. The Balaban J connectivity index is 1.70. The number of carbonyl (C=O) groups excluding carboxylic acids is 3. The Hall–Kier alpha value is -2.84. The zero-order chi connectivity index (χ0) is 19.6. The molecule has 146 valence electrons. The number of nitrogens with zero attached hydrogens (tertiary/aromatic N) is 3. The Morgan fingerprint density at radius 2 is 2.07 bits per heavy atom. The fourth-order valence-electron chi connectivity index (χ4n) is 3.19. The topological polar surface area (TPSA) is 82.2 Å². The van der Waals surface area contributed by atoms with Crippen molar-refractivity contribution in [2.75, 3.05) is 49.6 Å². The summed E-state index contributed by atoms with van der Waals surface area (Å²) < 4.78 is 19.9. The van der Waals surface area contributed by atoms with Crippen molar-refractivity contribution in [2.24, 2.45) is 0 Å². The van der Waals surface area contributed by atoms with Crippen molar-refractivity contribution in [2.45, 2.75) is 19.4 Å². The largest absolute Gasteiger partial charge is 0.442 e. The predicted octanol–water partition coefficient (Wildman–Crippen LogP) is 0.956. The Bertz CT molecular complexity index is 757. The summed E-state index contributed by atoms with van der Waals surface area (Å²) in [7, 11) is 1.74. The number of ether oxygens (including phenoxy) is 1. The SMILES string of the molecule is CC(=O)NC[C@H]1CN(c2ccc(N3CCC(=O)N(C)CC3)c(F)c2)C(=O)O1. The Morgan fingerprint density at radius 3 is 2.78 bits per heavy atom. The molecule has 3 rings (SSSR count). The number of hydrogen-bond acceptors (Lipinski definition) is 5. The van der Waals surface area contributed by atoms with E-state index in [1.54, 1.807) is 24.1 Å². The standard InChI is InChI=1S/C18H23FN4O4/c1-12(24)20-10-14-11-23(18(26)27-14)13-3-4-16(15(19)9-13)22-6-5-17(25)21(2)7-8-22/h3-4,9,14H,5-8,10-11H2,1-2H3,(H,20,24)/t14-/m0/s1. The molecule has 1 atom stereocenters. The van der Waals surface area contributed by atoms with Crippen molar-refractivity contribution in [1.82, 2.24) is 10.2 Å². The van der Waals surface area contributed by atoms with Gasteiger partial charge in [0.25, 0.3) is 0 Å². The molecular weight excluding hydrogens is 355 g/mol. The van der Waals surface area contributed by atoms with Gasteiger partial charge in [0, 0.05) is 40.0 Å². The van der Waals surface area contributed by atoms with Crippen molar-refractivity contribution in [3.8, 4) is 0 Å². The molecule has 3 amide bonds. The van der Waals surface area contributed by atoms with Gasteiger partial charge < -0.3 is 19.9 Å². The van der Waals surface area contributed by atoms with Gasteiger partial charge in [-0.25, -0.2) is 9.18 Å². The molecule has 0 aliphatic carbocycles. The van der Waals surface area contributed by atoms with E-state index in [1.807, 2.05) is 4.90 Å². The minimum absolute atomic E-state index is 0.0413.